The fraction of sp³-hybridized carbons (Fsp3) is 0.351. The van der Waals surface area contributed by atoms with Gasteiger partial charge in [0.2, 0.25) is 0 Å². The summed E-state index contributed by atoms with van der Waals surface area (Å²) in [6.45, 7) is 2.11. The van der Waals surface area contributed by atoms with Crippen LogP contribution in [0.4, 0.5) is 35.1 Å². The molecule has 0 saturated heterocycles. The molecular weight excluding hydrogens is 612 g/mol. The second-order valence-corrected chi connectivity index (χ2v) is 11.9. The summed E-state index contributed by atoms with van der Waals surface area (Å²) in [5, 5.41) is 0. The second-order valence-electron chi connectivity index (χ2n) is 11.9. The highest BCUT2D eigenvalue weighted by Crippen LogP contribution is 2.40. The first-order valence-corrected chi connectivity index (χ1v) is 15.5. The van der Waals surface area contributed by atoms with E-state index < -0.39 is 41.4 Å². The Bertz CT molecular complexity index is 1640. The molecule has 244 valence electrons. The Kier molecular flexibility index (Phi) is 10.2. The zero-order valence-corrected chi connectivity index (χ0v) is 25.2. The first kappa shape index (κ1) is 33.6. The van der Waals surface area contributed by atoms with Gasteiger partial charge in [-0.3, -0.25) is 0 Å². The van der Waals surface area contributed by atoms with Crippen molar-refractivity contribution in [1.29, 1.82) is 0 Å². The Hall–Kier alpha value is -3.72. The topological polar surface area (TPSA) is 9.23 Å². The molecule has 0 N–H and O–H groups in total. The third-order valence-electron chi connectivity index (χ3n) is 8.68. The van der Waals surface area contributed by atoms with E-state index in [2.05, 4.69) is 6.92 Å². The predicted molar refractivity (Wildman–Crippen MR) is 162 cm³/mol. The third kappa shape index (κ3) is 7.80. The largest absolute Gasteiger partial charge is 0.419 e. The Morgan fingerprint density at radius 3 is 1.80 bits per heavy atom. The Morgan fingerprint density at radius 2 is 1.24 bits per heavy atom. The van der Waals surface area contributed by atoms with E-state index in [4.69, 9.17) is 4.74 Å². The van der Waals surface area contributed by atoms with E-state index in [9.17, 15) is 30.7 Å². The highest BCUT2D eigenvalue weighted by atomic mass is 19.4. The molecule has 4 aromatic rings. The summed E-state index contributed by atoms with van der Waals surface area (Å²) in [6.07, 6.45) is -3.06. The van der Waals surface area contributed by atoms with Gasteiger partial charge < -0.3 is 4.74 Å². The lowest BCUT2D eigenvalue weighted by Crippen LogP contribution is -2.29. The molecule has 46 heavy (non-hydrogen) atoms. The van der Waals surface area contributed by atoms with Crippen LogP contribution >= 0.6 is 0 Å². The zero-order chi connectivity index (χ0) is 33.1. The summed E-state index contributed by atoms with van der Waals surface area (Å²) in [7, 11) is 0. The van der Waals surface area contributed by atoms with Crippen LogP contribution in [-0.2, 0) is 23.4 Å². The molecule has 0 aromatic heterocycles. The van der Waals surface area contributed by atoms with E-state index in [1.807, 2.05) is 0 Å². The van der Waals surface area contributed by atoms with Crippen LogP contribution in [0.15, 0.2) is 78.9 Å². The van der Waals surface area contributed by atoms with E-state index >= 15 is 4.39 Å². The average molecular weight is 647 g/mol. The van der Waals surface area contributed by atoms with Crippen LogP contribution in [0, 0.1) is 17.5 Å². The summed E-state index contributed by atoms with van der Waals surface area (Å²) in [4.78, 5) is 0. The summed E-state index contributed by atoms with van der Waals surface area (Å²) in [6, 6.07) is 16.7. The maximum absolute atomic E-state index is 15.3. The molecule has 0 radical (unpaired) electrons. The van der Waals surface area contributed by atoms with Crippen LogP contribution in [-0.4, -0.2) is 6.10 Å². The van der Waals surface area contributed by atoms with Gasteiger partial charge in [-0.15, -0.1) is 0 Å². The molecule has 4 aromatic carbocycles. The average Bonchev–Trinajstić information content (AvgIpc) is 3.01. The van der Waals surface area contributed by atoms with Crippen LogP contribution in [0.25, 0.3) is 22.3 Å². The fourth-order valence-corrected chi connectivity index (χ4v) is 6.08. The molecule has 1 aliphatic carbocycles. The van der Waals surface area contributed by atoms with Gasteiger partial charge in [0.1, 0.15) is 17.5 Å². The molecule has 0 aliphatic heterocycles. The molecule has 1 fully saturated rings. The van der Waals surface area contributed by atoms with Crippen molar-refractivity contribution in [2.45, 2.75) is 82.6 Å². The van der Waals surface area contributed by atoms with Crippen LogP contribution in [0.3, 0.4) is 0 Å². The molecule has 9 heteroatoms. The van der Waals surface area contributed by atoms with E-state index in [1.54, 1.807) is 18.2 Å². The fourth-order valence-electron chi connectivity index (χ4n) is 6.08. The molecular formula is C37H34F8O. The lowest BCUT2D eigenvalue weighted by atomic mass is 9.82. The monoisotopic (exact) mass is 646 g/mol. The lowest BCUT2D eigenvalue weighted by molar-refractivity contribution is -0.277. The smallest absolute Gasteiger partial charge is 0.313 e. The molecule has 0 heterocycles. The highest BCUT2D eigenvalue weighted by molar-refractivity contribution is 5.72. The van der Waals surface area contributed by atoms with Gasteiger partial charge in [-0.25, -0.2) is 13.2 Å². The van der Waals surface area contributed by atoms with Gasteiger partial charge in [0.05, 0.1) is 17.2 Å². The normalized spacial score (nSPS) is 17.3. The van der Waals surface area contributed by atoms with Crippen molar-refractivity contribution in [2.75, 3.05) is 0 Å². The molecule has 0 amide bonds. The first-order valence-electron chi connectivity index (χ1n) is 15.5. The van der Waals surface area contributed by atoms with Gasteiger partial charge in [-0.1, -0.05) is 74.4 Å². The van der Waals surface area contributed by atoms with Crippen molar-refractivity contribution in [2.24, 2.45) is 0 Å². The van der Waals surface area contributed by atoms with Gasteiger partial charge in [0.15, 0.2) is 0 Å². The molecule has 0 unspecified atom stereocenters. The summed E-state index contributed by atoms with van der Waals surface area (Å²) in [5.74, 6) is -3.04. The molecule has 5 rings (SSSR count). The minimum absolute atomic E-state index is 0.0619. The Morgan fingerprint density at radius 1 is 0.652 bits per heavy atom. The molecule has 1 nitrogen and oxygen atoms in total. The van der Waals surface area contributed by atoms with Gasteiger partial charge in [0, 0.05) is 11.1 Å². The van der Waals surface area contributed by atoms with Crippen molar-refractivity contribution >= 4 is 0 Å². The number of ether oxygens (including phenoxy) is 1. The minimum atomic E-state index is -4.88. The van der Waals surface area contributed by atoms with Gasteiger partial charge in [-0.05, 0) is 91.0 Å². The molecule has 0 atom stereocenters. The van der Waals surface area contributed by atoms with Crippen LogP contribution < -0.4 is 0 Å². The molecule has 0 bridgehead atoms. The third-order valence-corrected chi connectivity index (χ3v) is 8.68. The van der Waals surface area contributed by atoms with Crippen molar-refractivity contribution in [3.8, 4) is 22.3 Å². The predicted octanol–water partition coefficient (Wildman–Crippen LogP) is 12.0. The maximum Gasteiger partial charge on any atom is 0.419 e. The van der Waals surface area contributed by atoms with E-state index in [0.717, 1.165) is 43.4 Å². The number of hydrogen-bond donors (Lipinski definition) is 0. The molecule has 1 saturated carbocycles. The van der Waals surface area contributed by atoms with Crippen molar-refractivity contribution in [3.05, 3.63) is 119 Å². The summed E-state index contributed by atoms with van der Waals surface area (Å²) in [5.41, 5.74) is 0.185. The zero-order valence-electron chi connectivity index (χ0n) is 25.2. The number of alkyl halides is 5. The number of unbranched alkanes of at least 4 members (excludes halogenated alkanes) is 2. The van der Waals surface area contributed by atoms with Gasteiger partial charge in [0.25, 0.3) is 0 Å². The van der Waals surface area contributed by atoms with E-state index in [1.165, 1.54) is 36.4 Å². The maximum atomic E-state index is 15.3. The van der Waals surface area contributed by atoms with Gasteiger partial charge >= 0.3 is 12.3 Å². The lowest BCUT2D eigenvalue weighted by Gasteiger charge is -2.31. The number of aryl methyl sites for hydroxylation is 1. The minimum Gasteiger partial charge on any atom is -0.313 e. The van der Waals surface area contributed by atoms with Crippen LogP contribution in [0.5, 0.6) is 0 Å². The Labute approximate surface area is 263 Å². The number of halogens is 8. The highest BCUT2D eigenvalue weighted by Gasteiger charge is 2.38. The second kappa shape index (κ2) is 14.0. The number of benzene rings is 4. The molecule has 1 aliphatic rings. The number of rotatable bonds is 10. The first-order chi connectivity index (χ1) is 21.9. The van der Waals surface area contributed by atoms with E-state index in [0.29, 0.717) is 43.4 Å². The van der Waals surface area contributed by atoms with Crippen LogP contribution in [0.2, 0.25) is 0 Å². The van der Waals surface area contributed by atoms with Crippen molar-refractivity contribution in [3.63, 3.8) is 0 Å². The SMILES string of the molecule is CCCCCc1ccc(C(F)(F)OC2CCC(c3ccc(-c4ccc(-c5ccc(C(F)(F)F)c(F)c5)c(F)c4)c(F)c3)CC2)cc1. The van der Waals surface area contributed by atoms with Crippen molar-refractivity contribution in [1.82, 2.24) is 0 Å². The number of hydrogen-bond acceptors (Lipinski definition) is 1. The summed E-state index contributed by atoms with van der Waals surface area (Å²) >= 11 is 0. The standard InChI is InChI=1S/C37H34F8O/c1-2-3-4-5-23-6-13-28(14-7-23)37(44,45)46-29-15-8-24(9-16-29)25-10-17-30(33(38)20-25)26-11-18-31(34(39)21-26)27-12-19-32(35(40)22-27)36(41,42)43/h6-7,10-14,17-22,24,29H,2-5,8-9,15-16H2,1H3. The van der Waals surface area contributed by atoms with E-state index in [-0.39, 0.29) is 33.7 Å². The Balaban J connectivity index is 1.20. The van der Waals surface area contributed by atoms with Crippen LogP contribution in [0.1, 0.15) is 80.0 Å². The quantitative estimate of drug-likeness (QED) is 0.123. The van der Waals surface area contributed by atoms with Gasteiger partial charge in [-0.2, -0.15) is 22.0 Å². The molecule has 0 spiro atoms. The summed E-state index contributed by atoms with van der Waals surface area (Å²) < 4.78 is 118. The van der Waals surface area contributed by atoms with Crippen molar-refractivity contribution < 1.29 is 39.9 Å².